The molecule has 0 spiro atoms. The Kier molecular flexibility index (Phi) is 4.85. The van der Waals surface area contributed by atoms with Crippen LogP contribution in [0.25, 0.3) is 16.9 Å². The second-order valence-electron chi connectivity index (χ2n) is 7.68. The van der Waals surface area contributed by atoms with Crippen molar-refractivity contribution in [1.29, 1.82) is 0 Å². The van der Waals surface area contributed by atoms with Gasteiger partial charge in [0.05, 0.1) is 5.02 Å². The maximum atomic E-state index is 13.5. The molecule has 142 valence electrons. The van der Waals surface area contributed by atoms with E-state index in [1.54, 1.807) is 16.3 Å². The van der Waals surface area contributed by atoms with Gasteiger partial charge in [-0.2, -0.15) is 0 Å². The Hall–Kier alpha value is -1.72. The van der Waals surface area contributed by atoms with Gasteiger partial charge in [0.1, 0.15) is 5.52 Å². The molecule has 1 fully saturated rings. The first-order valence-electron chi connectivity index (χ1n) is 9.37. The van der Waals surface area contributed by atoms with Crippen LogP contribution in [0.3, 0.4) is 0 Å². The van der Waals surface area contributed by atoms with Crippen LogP contribution in [0, 0.1) is 12.8 Å². The third-order valence-electron chi connectivity index (χ3n) is 5.26. The summed E-state index contributed by atoms with van der Waals surface area (Å²) in [5.74, 6) is 1.49. The van der Waals surface area contributed by atoms with Gasteiger partial charge in [0.25, 0.3) is 5.56 Å². The minimum atomic E-state index is 0.0358. The van der Waals surface area contributed by atoms with E-state index in [1.807, 2.05) is 35.9 Å². The fourth-order valence-electron chi connectivity index (χ4n) is 3.54. The number of benzene rings is 1. The van der Waals surface area contributed by atoms with Crippen molar-refractivity contribution in [2.24, 2.45) is 5.92 Å². The third-order valence-corrected chi connectivity index (χ3v) is 6.30. The molecule has 0 unspecified atom stereocenters. The molecule has 0 aliphatic heterocycles. The Bertz CT molecular complexity index is 1080. The zero-order valence-electron chi connectivity index (χ0n) is 16.1. The van der Waals surface area contributed by atoms with Gasteiger partial charge < -0.3 is 0 Å². The molecule has 4 nitrogen and oxygen atoms in total. The number of fused-ring (bicyclic) bond motifs is 1. The molecule has 2 aromatic heterocycles. The summed E-state index contributed by atoms with van der Waals surface area (Å²) >= 11 is 8.24. The van der Waals surface area contributed by atoms with Crippen LogP contribution in [0.4, 0.5) is 0 Å². The van der Waals surface area contributed by atoms with Crippen molar-refractivity contribution < 1.29 is 0 Å². The van der Waals surface area contributed by atoms with E-state index in [2.05, 4.69) is 19.9 Å². The van der Waals surface area contributed by atoms with Gasteiger partial charge in [0, 0.05) is 22.7 Å². The zero-order valence-corrected chi connectivity index (χ0v) is 17.7. The zero-order chi connectivity index (χ0) is 19.3. The van der Waals surface area contributed by atoms with Crippen molar-refractivity contribution in [3.8, 4) is 11.4 Å². The lowest BCUT2D eigenvalue weighted by atomic mass is 10.1. The lowest BCUT2D eigenvalue weighted by molar-refractivity contribution is 0.592. The minimum absolute atomic E-state index is 0.0358. The monoisotopic (exact) mass is 401 g/mol. The highest BCUT2D eigenvalue weighted by molar-refractivity contribution is 7.98. The molecule has 27 heavy (non-hydrogen) atoms. The number of rotatable bonds is 5. The molecule has 1 aliphatic carbocycles. The highest BCUT2D eigenvalue weighted by atomic mass is 35.5. The molecule has 0 radical (unpaired) electrons. The first kappa shape index (κ1) is 18.6. The molecule has 0 atom stereocenters. The average Bonchev–Trinajstić information content (AvgIpc) is 3.39. The summed E-state index contributed by atoms with van der Waals surface area (Å²) in [5, 5.41) is 5.53. The van der Waals surface area contributed by atoms with E-state index in [-0.39, 0.29) is 11.5 Å². The maximum absolute atomic E-state index is 13.5. The molecule has 0 saturated heterocycles. The Morgan fingerprint density at radius 3 is 2.63 bits per heavy atom. The lowest BCUT2D eigenvalue weighted by Gasteiger charge is -2.15. The number of halogens is 1. The lowest BCUT2D eigenvalue weighted by Crippen LogP contribution is -2.27. The van der Waals surface area contributed by atoms with Crippen molar-refractivity contribution in [2.75, 3.05) is 6.26 Å². The number of thioether (sulfide) groups is 1. The van der Waals surface area contributed by atoms with Crippen LogP contribution < -0.4 is 5.56 Å². The van der Waals surface area contributed by atoms with Crippen LogP contribution >= 0.6 is 23.4 Å². The predicted molar refractivity (Wildman–Crippen MR) is 113 cm³/mol. The molecule has 0 amide bonds. The van der Waals surface area contributed by atoms with E-state index in [9.17, 15) is 4.79 Å². The van der Waals surface area contributed by atoms with Gasteiger partial charge >= 0.3 is 0 Å². The van der Waals surface area contributed by atoms with E-state index in [4.69, 9.17) is 16.7 Å². The molecule has 2 heterocycles. The number of hydrogen-bond donors (Lipinski definition) is 0. The summed E-state index contributed by atoms with van der Waals surface area (Å²) in [6.07, 6.45) is 4.37. The van der Waals surface area contributed by atoms with Crippen molar-refractivity contribution in [1.82, 2.24) is 14.2 Å². The van der Waals surface area contributed by atoms with Gasteiger partial charge in [-0.05, 0) is 67.7 Å². The summed E-state index contributed by atoms with van der Waals surface area (Å²) < 4.78 is 3.65. The van der Waals surface area contributed by atoms with Crippen LogP contribution in [0.1, 0.15) is 43.9 Å². The number of aromatic nitrogens is 3. The quantitative estimate of drug-likeness (QED) is 0.539. The Labute approximate surface area is 168 Å². The Morgan fingerprint density at radius 1 is 1.30 bits per heavy atom. The van der Waals surface area contributed by atoms with Gasteiger partial charge in [0.15, 0.2) is 5.82 Å². The first-order chi connectivity index (χ1) is 12.9. The van der Waals surface area contributed by atoms with Gasteiger partial charge in [-0.1, -0.05) is 25.4 Å². The van der Waals surface area contributed by atoms with Crippen LogP contribution in [0.15, 0.2) is 34.0 Å². The SMILES string of the molecule is CSc1ccc(-c2nn3c(C)cc(C(C)C)c3c(=O)n2CC2CC2)c(Cl)c1. The highest BCUT2D eigenvalue weighted by Crippen LogP contribution is 2.34. The second kappa shape index (κ2) is 7.02. The maximum Gasteiger partial charge on any atom is 0.278 e. The third kappa shape index (κ3) is 3.32. The van der Waals surface area contributed by atoms with Crippen molar-refractivity contribution in [2.45, 2.75) is 51.0 Å². The van der Waals surface area contributed by atoms with E-state index >= 15 is 0 Å². The van der Waals surface area contributed by atoms with E-state index in [0.29, 0.717) is 28.8 Å². The van der Waals surface area contributed by atoms with Crippen molar-refractivity contribution in [3.63, 3.8) is 0 Å². The molecule has 1 saturated carbocycles. The number of nitrogens with zero attached hydrogens (tertiary/aromatic N) is 3. The molecule has 0 bridgehead atoms. The molecule has 3 aromatic rings. The highest BCUT2D eigenvalue weighted by Gasteiger charge is 2.27. The van der Waals surface area contributed by atoms with Gasteiger partial charge in [-0.15, -0.1) is 16.9 Å². The molecule has 1 aromatic carbocycles. The van der Waals surface area contributed by atoms with Crippen LogP contribution in [0.5, 0.6) is 0 Å². The van der Waals surface area contributed by atoms with Crippen LogP contribution in [0.2, 0.25) is 5.02 Å². The van der Waals surface area contributed by atoms with Crippen LogP contribution in [-0.4, -0.2) is 20.4 Å². The molecule has 0 N–H and O–H groups in total. The summed E-state index contributed by atoms with van der Waals surface area (Å²) in [6, 6.07) is 8.04. The van der Waals surface area contributed by atoms with E-state index in [0.717, 1.165) is 21.7 Å². The normalized spacial score (nSPS) is 14.4. The summed E-state index contributed by atoms with van der Waals surface area (Å²) in [4.78, 5) is 14.6. The predicted octanol–water partition coefficient (Wildman–Crippen LogP) is 5.38. The molecule has 1 aliphatic rings. The molecular weight excluding hydrogens is 378 g/mol. The summed E-state index contributed by atoms with van der Waals surface area (Å²) in [5.41, 5.74) is 3.58. The minimum Gasteiger partial charge on any atom is -0.289 e. The largest absolute Gasteiger partial charge is 0.289 e. The fourth-order valence-corrected chi connectivity index (χ4v) is 4.31. The summed E-state index contributed by atoms with van der Waals surface area (Å²) in [6.45, 7) is 6.94. The molecular formula is C21H24ClN3OS. The molecule has 6 heteroatoms. The fraction of sp³-hybridized carbons (Fsp3) is 0.429. The Balaban J connectivity index is 2.02. The van der Waals surface area contributed by atoms with Crippen molar-refractivity contribution in [3.05, 3.63) is 50.9 Å². The van der Waals surface area contributed by atoms with Crippen molar-refractivity contribution >= 4 is 28.9 Å². The van der Waals surface area contributed by atoms with E-state index in [1.165, 1.54) is 12.8 Å². The first-order valence-corrected chi connectivity index (χ1v) is 11.0. The number of hydrogen-bond acceptors (Lipinski definition) is 3. The standard InChI is InChI=1S/C21H24ClN3OS/c1-12(2)17-9-13(3)25-19(17)21(26)24(11-14-5-6-14)20(23-25)16-8-7-15(27-4)10-18(16)22/h7-10,12,14H,5-6,11H2,1-4H3. The average molecular weight is 402 g/mol. The molecule has 4 rings (SSSR count). The number of aryl methyl sites for hydroxylation is 1. The smallest absolute Gasteiger partial charge is 0.278 e. The summed E-state index contributed by atoms with van der Waals surface area (Å²) in [7, 11) is 0. The van der Waals surface area contributed by atoms with E-state index < -0.39 is 0 Å². The van der Waals surface area contributed by atoms with Gasteiger partial charge in [-0.25, -0.2) is 4.52 Å². The van der Waals surface area contributed by atoms with Gasteiger partial charge in [0.2, 0.25) is 0 Å². The van der Waals surface area contributed by atoms with Gasteiger partial charge in [-0.3, -0.25) is 9.36 Å². The topological polar surface area (TPSA) is 39.3 Å². The van der Waals surface area contributed by atoms with Crippen LogP contribution in [-0.2, 0) is 6.54 Å². The Morgan fingerprint density at radius 2 is 2.04 bits per heavy atom. The second-order valence-corrected chi connectivity index (χ2v) is 8.97.